The Morgan fingerprint density at radius 1 is 1.78 bits per heavy atom. The van der Waals surface area contributed by atoms with E-state index in [1.807, 2.05) is 0 Å². The summed E-state index contributed by atoms with van der Waals surface area (Å²) in [5.41, 5.74) is 5.38. The van der Waals surface area contributed by atoms with Crippen molar-refractivity contribution in [1.29, 1.82) is 0 Å². The molecule has 1 amide bonds. The van der Waals surface area contributed by atoms with E-state index in [1.54, 1.807) is 18.3 Å². The van der Waals surface area contributed by atoms with Crippen LogP contribution in [-0.2, 0) is 0 Å². The maximum Gasteiger partial charge on any atom is 0.250 e. The van der Waals surface area contributed by atoms with E-state index in [1.165, 1.54) is 6.20 Å². The monoisotopic (exact) mass is 123 g/mol. The Morgan fingerprint density at radius 3 is 2.89 bits per heavy atom. The van der Waals surface area contributed by atoms with Crippen LogP contribution in [0.25, 0.3) is 0 Å². The molecule has 1 aromatic heterocycles. The summed E-state index contributed by atoms with van der Waals surface area (Å²) in [5.74, 6) is -0.442. The van der Waals surface area contributed by atoms with Gasteiger partial charge in [0.2, 0.25) is 5.91 Å². The quantitative estimate of drug-likeness (QED) is 0.583. The zero-order valence-corrected chi connectivity index (χ0v) is 4.74. The van der Waals surface area contributed by atoms with Gasteiger partial charge in [0.05, 0.1) is 5.56 Å². The molecule has 3 heteroatoms. The molecule has 0 saturated heterocycles. The molecule has 0 fully saturated rings. The maximum atomic E-state index is 10.4. The molecule has 47 valence electrons. The van der Waals surface area contributed by atoms with E-state index >= 15 is 0 Å². The molecule has 0 unspecified atom stereocenters. The molecule has 0 bridgehead atoms. The van der Waals surface area contributed by atoms with Gasteiger partial charge >= 0.3 is 0 Å². The van der Waals surface area contributed by atoms with Gasteiger partial charge in [0, 0.05) is 13.8 Å². The average molecular weight is 123 g/mol. The maximum absolute atomic E-state index is 10.4. The summed E-state index contributed by atoms with van der Waals surface area (Å²) >= 11 is 0. The molecule has 2 N–H and O–H groups in total. The van der Waals surface area contributed by atoms with Crippen LogP contribution in [0.2, 0.25) is 0 Å². The first-order chi connectivity index (χ1) is 4.30. The van der Waals surface area contributed by atoms with Gasteiger partial charge in [-0.2, -0.15) is 0 Å². The zero-order valence-electron chi connectivity index (χ0n) is 5.74. The molecule has 0 aliphatic carbocycles. The Labute approximate surface area is 54.0 Å². The van der Waals surface area contributed by atoms with Crippen LogP contribution in [0.15, 0.2) is 24.5 Å². The molecule has 0 aromatic carbocycles. The van der Waals surface area contributed by atoms with Crippen molar-refractivity contribution in [1.82, 2.24) is 4.98 Å². The molecule has 9 heavy (non-hydrogen) atoms. The molecular formula is C6H7N2O. The van der Waals surface area contributed by atoms with E-state index in [4.69, 9.17) is 5.73 Å². The zero-order chi connectivity index (χ0) is 6.69. The van der Waals surface area contributed by atoms with Crippen LogP contribution in [0, 0.1) is 0 Å². The molecular weight excluding hydrogens is 116 g/mol. The fraction of sp³-hybridized carbons (Fsp3) is 0. The van der Waals surface area contributed by atoms with E-state index in [2.05, 4.69) is 4.98 Å². The SMILES string of the molecule is NC(=O)c1cccnc1.[H]. The van der Waals surface area contributed by atoms with Crippen molar-refractivity contribution >= 4 is 5.91 Å². The van der Waals surface area contributed by atoms with Crippen LogP contribution >= 0.6 is 0 Å². The second-order valence-electron chi connectivity index (χ2n) is 1.61. The number of pyridine rings is 1. The van der Waals surface area contributed by atoms with Gasteiger partial charge in [-0.25, -0.2) is 0 Å². The Balaban J connectivity index is 0.000000810. The van der Waals surface area contributed by atoms with Gasteiger partial charge in [-0.3, -0.25) is 9.78 Å². The highest BCUT2D eigenvalue weighted by molar-refractivity contribution is 5.92. The van der Waals surface area contributed by atoms with Gasteiger partial charge in [0.1, 0.15) is 0 Å². The number of amides is 1. The number of nitrogens with zero attached hydrogens (tertiary/aromatic N) is 1. The first-order valence-corrected chi connectivity index (χ1v) is 2.50. The van der Waals surface area contributed by atoms with E-state index in [9.17, 15) is 4.79 Å². The second kappa shape index (κ2) is 2.26. The van der Waals surface area contributed by atoms with Gasteiger partial charge in [0.15, 0.2) is 0 Å². The third-order valence-electron chi connectivity index (χ3n) is 0.946. The number of carbonyl (C=O) groups excluding carboxylic acids is 1. The fourth-order valence-electron chi connectivity index (χ4n) is 0.509. The number of aromatic nitrogens is 1. The van der Waals surface area contributed by atoms with Crippen LogP contribution in [-0.4, -0.2) is 10.9 Å². The van der Waals surface area contributed by atoms with E-state index in [0.29, 0.717) is 5.56 Å². The first kappa shape index (κ1) is 5.75. The lowest BCUT2D eigenvalue weighted by atomic mass is 10.3. The third-order valence-corrected chi connectivity index (χ3v) is 0.946. The Kier molecular flexibility index (Phi) is 1.44. The minimum atomic E-state index is -0.442. The summed E-state index contributed by atoms with van der Waals surface area (Å²) in [7, 11) is 0. The largest absolute Gasteiger partial charge is 0.366 e. The summed E-state index contributed by atoms with van der Waals surface area (Å²) in [6.07, 6.45) is 3.02. The predicted octanol–water partition coefficient (Wildman–Crippen LogP) is 0.293. The number of hydrogen-bond acceptors (Lipinski definition) is 2. The van der Waals surface area contributed by atoms with Crippen LogP contribution in [0.3, 0.4) is 0 Å². The minimum absolute atomic E-state index is 0. The molecule has 1 heterocycles. The van der Waals surface area contributed by atoms with Crippen molar-refractivity contribution in [3.63, 3.8) is 0 Å². The average Bonchev–Trinajstić information content (AvgIpc) is 1.90. The van der Waals surface area contributed by atoms with Crippen LogP contribution < -0.4 is 5.73 Å². The molecule has 0 atom stereocenters. The summed E-state index contributed by atoms with van der Waals surface area (Å²) in [5, 5.41) is 0. The molecule has 0 aliphatic heterocycles. The van der Waals surface area contributed by atoms with E-state index < -0.39 is 5.91 Å². The predicted molar refractivity (Wildman–Crippen MR) is 33.9 cm³/mol. The number of hydrogen-bond donors (Lipinski definition) is 1. The molecule has 3 nitrogen and oxygen atoms in total. The van der Waals surface area contributed by atoms with Gasteiger partial charge in [-0.05, 0) is 12.1 Å². The number of primary amides is 1. The normalized spacial score (nSPS) is 8.89. The van der Waals surface area contributed by atoms with Crippen molar-refractivity contribution in [3.05, 3.63) is 30.1 Å². The van der Waals surface area contributed by atoms with Crippen molar-refractivity contribution in [2.45, 2.75) is 0 Å². The lowest BCUT2D eigenvalue weighted by molar-refractivity contribution is 0.1000. The fourth-order valence-corrected chi connectivity index (χ4v) is 0.509. The van der Waals surface area contributed by atoms with Crippen molar-refractivity contribution in [2.24, 2.45) is 5.73 Å². The minimum Gasteiger partial charge on any atom is -0.366 e. The van der Waals surface area contributed by atoms with Crippen molar-refractivity contribution < 1.29 is 6.22 Å². The van der Waals surface area contributed by atoms with Gasteiger partial charge < -0.3 is 5.73 Å². The lowest BCUT2D eigenvalue weighted by Crippen LogP contribution is -2.10. The number of nitrogens with two attached hydrogens (primary N) is 1. The standard InChI is InChI=1S/C6H6N2O.H/c7-6(9)5-2-1-3-8-4-5;/h1-4H,(H2,7,9);. The van der Waals surface area contributed by atoms with Gasteiger partial charge in [0.25, 0.3) is 0 Å². The first-order valence-electron chi connectivity index (χ1n) is 2.50. The Bertz CT molecular complexity index is 212. The second-order valence-corrected chi connectivity index (χ2v) is 1.61. The van der Waals surface area contributed by atoms with Gasteiger partial charge in [-0.1, -0.05) is 0 Å². The lowest BCUT2D eigenvalue weighted by Gasteiger charge is -1.88. The third kappa shape index (κ3) is 1.25. The van der Waals surface area contributed by atoms with Crippen LogP contribution in [0.1, 0.15) is 11.8 Å². The highest BCUT2D eigenvalue weighted by Gasteiger charge is 1.94. The molecule has 1 rings (SSSR count). The molecule has 0 saturated carbocycles. The summed E-state index contributed by atoms with van der Waals surface area (Å²) < 4.78 is 0. The molecule has 0 spiro atoms. The Hall–Kier alpha value is -1.38. The molecule has 0 aliphatic rings. The van der Waals surface area contributed by atoms with Crippen molar-refractivity contribution in [3.8, 4) is 0 Å². The highest BCUT2D eigenvalue weighted by Crippen LogP contribution is 1.91. The van der Waals surface area contributed by atoms with Crippen molar-refractivity contribution in [2.75, 3.05) is 0 Å². The summed E-state index contributed by atoms with van der Waals surface area (Å²) in [6, 6.07) is 3.29. The topological polar surface area (TPSA) is 56.0 Å². The number of carbonyl (C=O) groups is 1. The molecule has 1 radical (unpaired) electrons. The van der Waals surface area contributed by atoms with E-state index in [0.717, 1.165) is 0 Å². The van der Waals surface area contributed by atoms with Crippen LogP contribution in [0.4, 0.5) is 0 Å². The van der Waals surface area contributed by atoms with E-state index in [-0.39, 0.29) is 1.43 Å². The summed E-state index contributed by atoms with van der Waals surface area (Å²) in [6.45, 7) is 0. The Morgan fingerprint density at radius 2 is 2.56 bits per heavy atom. The highest BCUT2D eigenvalue weighted by atomic mass is 16.1. The smallest absolute Gasteiger partial charge is 0.250 e. The van der Waals surface area contributed by atoms with Crippen LogP contribution in [0.5, 0.6) is 0 Å². The van der Waals surface area contributed by atoms with Gasteiger partial charge in [-0.15, -0.1) is 0 Å². The molecule has 1 aromatic rings. The summed E-state index contributed by atoms with van der Waals surface area (Å²) in [4.78, 5) is 14.1. The number of rotatable bonds is 1.